The largest absolute Gasteiger partial charge is 0.490 e. The number of rotatable bonds is 10. The summed E-state index contributed by atoms with van der Waals surface area (Å²) in [5.74, 6) is 0.384. The Kier molecular flexibility index (Phi) is 8.44. The quantitative estimate of drug-likeness (QED) is 0.412. The van der Waals surface area contributed by atoms with Crippen LogP contribution in [0.5, 0.6) is 5.75 Å². The molecule has 158 valence electrons. The monoisotopic (exact) mass is 412 g/mol. The molecule has 2 rings (SSSR count). The minimum absolute atomic E-state index is 0.0353. The molecule has 0 radical (unpaired) electrons. The lowest BCUT2D eigenvalue weighted by molar-refractivity contribution is -0.281. The highest BCUT2D eigenvalue weighted by molar-refractivity contribution is 5.72. The smallest absolute Gasteiger partial charge is 0.416 e. The van der Waals surface area contributed by atoms with Gasteiger partial charge in [-0.2, -0.15) is 13.2 Å². The summed E-state index contributed by atoms with van der Waals surface area (Å²) < 4.78 is 43.4. The van der Waals surface area contributed by atoms with Crippen LogP contribution in [-0.4, -0.2) is 30.4 Å². The lowest BCUT2D eigenvalue weighted by Crippen LogP contribution is -2.33. The average Bonchev–Trinajstić information content (AvgIpc) is 2.69. The summed E-state index contributed by atoms with van der Waals surface area (Å²) in [6.07, 6.45) is -5.06. The van der Waals surface area contributed by atoms with Crippen LogP contribution >= 0.6 is 0 Å². The van der Waals surface area contributed by atoms with E-state index in [4.69, 9.17) is 9.99 Å². The van der Waals surface area contributed by atoms with Gasteiger partial charge in [-0.25, -0.2) is 4.89 Å². The molecule has 0 fully saturated rings. The van der Waals surface area contributed by atoms with Crippen LogP contribution in [0, 0.1) is 0 Å². The van der Waals surface area contributed by atoms with Gasteiger partial charge in [0.05, 0.1) is 5.56 Å². The fourth-order valence-corrected chi connectivity index (χ4v) is 2.51. The molecule has 0 saturated heterocycles. The maximum Gasteiger partial charge on any atom is 0.416 e. The Morgan fingerprint density at radius 3 is 2.41 bits per heavy atom. The number of benzene rings is 2. The van der Waals surface area contributed by atoms with Crippen molar-refractivity contribution >= 4 is 5.91 Å². The first-order valence-corrected chi connectivity index (χ1v) is 8.92. The molecule has 3 N–H and O–H groups in total. The van der Waals surface area contributed by atoms with E-state index in [1.807, 2.05) is 12.1 Å². The fraction of sp³-hybridized carbons (Fsp3) is 0.350. The van der Waals surface area contributed by atoms with Crippen molar-refractivity contribution in [1.29, 1.82) is 0 Å². The Labute approximate surface area is 166 Å². The van der Waals surface area contributed by atoms with Gasteiger partial charge in [0.1, 0.15) is 18.5 Å². The Morgan fingerprint density at radius 2 is 1.79 bits per heavy atom. The van der Waals surface area contributed by atoms with Crippen molar-refractivity contribution in [2.24, 2.45) is 0 Å². The molecule has 0 bridgehead atoms. The van der Waals surface area contributed by atoms with Crippen LogP contribution in [-0.2, 0) is 28.9 Å². The zero-order chi connectivity index (χ0) is 21.3. The maximum atomic E-state index is 12.6. The van der Waals surface area contributed by atoms with Crippen LogP contribution in [0.4, 0.5) is 13.2 Å². The average molecular weight is 412 g/mol. The van der Waals surface area contributed by atoms with Crippen LogP contribution in [0.1, 0.15) is 23.6 Å². The molecule has 6 nitrogen and oxygen atoms in total. The summed E-state index contributed by atoms with van der Waals surface area (Å²) in [4.78, 5) is 15.5. The van der Waals surface area contributed by atoms with E-state index in [0.717, 1.165) is 17.7 Å². The molecule has 1 unspecified atom stereocenters. The number of halogens is 3. The third kappa shape index (κ3) is 7.72. The van der Waals surface area contributed by atoms with Crippen molar-refractivity contribution in [3.63, 3.8) is 0 Å². The Bertz CT molecular complexity index is 782. The van der Waals surface area contributed by atoms with Crippen LogP contribution in [0.3, 0.4) is 0 Å². The second-order valence-electron chi connectivity index (χ2n) is 6.38. The van der Waals surface area contributed by atoms with Crippen molar-refractivity contribution in [3.8, 4) is 5.75 Å². The van der Waals surface area contributed by atoms with E-state index >= 15 is 0 Å². The van der Waals surface area contributed by atoms with Gasteiger partial charge in [0, 0.05) is 32.1 Å². The molecule has 0 spiro atoms. The maximum absolute atomic E-state index is 12.6. The molecular weight excluding hydrogens is 389 g/mol. The number of hydrogen-bond acceptors (Lipinski definition) is 5. The minimum Gasteiger partial charge on any atom is -0.490 e. The first-order valence-electron chi connectivity index (χ1n) is 8.92. The summed E-state index contributed by atoms with van der Waals surface area (Å²) in [6.45, 7) is 2.28. The topological polar surface area (TPSA) is 79.8 Å². The van der Waals surface area contributed by atoms with E-state index in [9.17, 15) is 18.0 Å². The van der Waals surface area contributed by atoms with Crippen LogP contribution in [0.2, 0.25) is 0 Å². The van der Waals surface area contributed by atoms with E-state index in [1.165, 1.54) is 19.1 Å². The summed E-state index contributed by atoms with van der Waals surface area (Å²) in [7, 11) is 0. The molecule has 1 atom stereocenters. The molecule has 0 saturated carbocycles. The summed E-state index contributed by atoms with van der Waals surface area (Å²) in [5.41, 5.74) is 0.734. The number of amides is 1. The van der Waals surface area contributed by atoms with E-state index in [0.29, 0.717) is 24.4 Å². The second kappa shape index (κ2) is 10.8. The normalized spacial score (nSPS) is 12.4. The van der Waals surface area contributed by atoms with Gasteiger partial charge in [-0.1, -0.05) is 30.3 Å². The van der Waals surface area contributed by atoms with Gasteiger partial charge in [0.2, 0.25) is 5.91 Å². The molecule has 2 aromatic rings. The van der Waals surface area contributed by atoms with Crippen molar-refractivity contribution < 1.29 is 32.8 Å². The van der Waals surface area contributed by atoms with Gasteiger partial charge in [-0.3, -0.25) is 10.1 Å². The predicted molar refractivity (Wildman–Crippen MR) is 100 cm³/mol. The Balaban J connectivity index is 1.82. The second-order valence-corrected chi connectivity index (χ2v) is 6.38. The molecule has 0 aliphatic rings. The highest BCUT2D eigenvalue weighted by Crippen LogP contribution is 2.29. The third-order valence-corrected chi connectivity index (χ3v) is 4.06. The molecule has 0 aliphatic carbocycles. The summed E-state index contributed by atoms with van der Waals surface area (Å²) in [6, 6.07) is 12.0. The van der Waals surface area contributed by atoms with Gasteiger partial charge in [-0.05, 0) is 23.8 Å². The molecule has 2 aromatic carbocycles. The number of para-hydroxylation sites is 1. The van der Waals surface area contributed by atoms with E-state index in [2.05, 4.69) is 15.5 Å². The SMILES string of the molecule is CC(=O)NCc1ccccc1OCC(CNCc1ccc(C(F)(F)F)cc1)OO. The number of ether oxygens (including phenoxy) is 1. The molecule has 0 heterocycles. The zero-order valence-electron chi connectivity index (χ0n) is 15.8. The standard InChI is InChI=1S/C20H23F3N2O4/c1-14(26)25-11-16-4-2-3-5-19(16)28-13-18(29-27)12-24-10-15-6-8-17(9-7-15)20(21,22)23/h2-9,18,24,27H,10-13H2,1H3,(H,25,26). The summed E-state index contributed by atoms with van der Waals surface area (Å²) >= 11 is 0. The molecule has 0 aliphatic heterocycles. The third-order valence-electron chi connectivity index (χ3n) is 4.06. The molecular formula is C20H23F3N2O4. The predicted octanol–water partition coefficient (Wildman–Crippen LogP) is 3.37. The van der Waals surface area contributed by atoms with Gasteiger partial charge >= 0.3 is 6.18 Å². The number of alkyl halides is 3. The minimum atomic E-state index is -4.37. The Morgan fingerprint density at radius 1 is 1.10 bits per heavy atom. The highest BCUT2D eigenvalue weighted by Gasteiger charge is 2.29. The van der Waals surface area contributed by atoms with Gasteiger partial charge in [0.25, 0.3) is 0 Å². The van der Waals surface area contributed by atoms with E-state index in [1.54, 1.807) is 12.1 Å². The lowest BCUT2D eigenvalue weighted by atomic mass is 10.1. The zero-order valence-corrected chi connectivity index (χ0v) is 15.8. The Hall–Kier alpha value is -2.62. The van der Waals surface area contributed by atoms with Crippen molar-refractivity contribution in [3.05, 3.63) is 65.2 Å². The fourth-order valence-electron chi connectivity index (χ4n) is 2.51. The van der Waals surface area contributed by atoms with Crippen LogP contribution < -0.4 is 15.4 Å². The van der Waals surface area contributed by atoms with E-state index in [-0.39, 0.29) is 19.1 Å². The van der Waals surface area contributed by atoms with Gasteiger partial charge in [0.15, 0.2) is 0 Å². The highest BCUT2D eigenvalue weighted by atomic mass is 19.4. The molecule has 1 amide bonds. The number of carbonyl (C=O) groups excluding carboxylic acids is 1. The first kappa shape index (κ1) is 22.7. The number of hydrogen-bond donors (Lipinski definition) is 3. The van der Waals surface area contributed by atoms with Crippen molar-refractivity contribution in [2.75, 3.05) is 13.2 Å². The van der Waals surface area contributed by atoms with Crippen molar-refractivity contribution in [2.45, 2.75) is 32.3 Å². The van der Waals surface area contributed by atoms with E-state index < -0.39 is 17.8 Å². The number of nitrogens with one attached hydrogen (secondary N) is 2. The molecule has 9 heteroatoms. The first-order chi connectivity index (χ1) is 13.8. The van der Waals surface area contributed by atoms with Gasteiger partial charge in [-0.15, -0.1) is 0 Å². The number of carbonyl (C=O) groups is 1. The molecule has 0 aromatic heterocycles. The van der Waals surface area contributed by atoms with Crippen LogP contribution in [0.25, 0.3) is 0 Å². The lowest BCUT2D eigenvalue weighted by Gasteiger charge is -2.17. The van der Waals surface area contributed by atoms with Crippen LogP contribution in [0.15, 0.2) is 48.5 Å². The van der Waals surface area contributed by atoms with Gasteiger partial charge < -0.3 is 15.4 Å². The van der Waals surface area contributed by atoms with Crippen molar-refractivity contribution in [1.82, 2.24) is 10.6 Å². The summed E-state index contributed by atoms with van der Waals surface area (Å²) in [5, 5.41) is 14.8. The molecule has 29 heavy (non-hydrogen) atoms.